The first-order valence-electron chi connectivity index (χ1n) is 20.9. The quantitative estimate of drug-likeness (QED) is 0.0683. The Hall–Kier alpha value is -6.30. The van der Waals surface area contributed by atoms with Crippen molar-refractivity contribution in [3.63, 3.8) is 0 Å². The van der Waals surface area contributed by atoms with Gasteiger partial charge < -0.3 is 19.4 Å². The summed E-state index contributed by atoms with van der Waals surface area (Å²) in [7, 11) is 2.79. The van der Waals surface area contributed by atoms with E-state index in [9.17, 15) is 14.9 Å². The van der Waals surface area contributed by atoms with Crippen molar-refractivity contribution in [1.29, 1.82) is 5.26 Å². The number of nitriles is 1. The minimum absolute atomic E-state index is 0. The van der Waals surface area contributed by atoms with Gasteiger partial charge in [0.15, 0.2) is 0 Å². The second-order valence-electron chi connectivity index (χ2n) is 15.5. The fourth-order valence-corrected chi connectivity index (χ4v) is 8.72. The molecule has 0 atom stereocenters. The number of benzene rings is 2. The van der Waals surface area contributed by atoms with Gasteiger partial charge in [-0.3, -0.25) is 9.59 Å². The summed E-state index contributed by atoms with van der Waals surface area (Å²) in [5.41, 5.74) is 17.2. The van der Waals surface area contributed by atoms with Crippen molar-refractivity contribution in [1.82, 2.24) is 19.9 Å². The molecular formula is C52H51N5NiO4. The van der Waals surface area contributed by atoms with E-state index in [0.717, 1.165) is 94.9 Å². The Morgan fingerprint density at radius 3 is 1.82 bits per heavy atom. The molecule has 0 fully saturated rings. The van der Waals surface area contributed by atoms with Crippen molar-refractivity contribution in [2.45, 2.75) is 86.0 Å². The van der Waals surface area contributed by atoms with Gasteiger partial charge in [-0.25, -0.2) is 9.97 Å². The van der Waals surface area contributed by atoms with Gasteiger partial charge in [-0.05, 0) is 98.4 Å². The number of nitrogens with zero attached hydrogens (tertiary/aromatic N) is 5. The number of aromatic nitrogens is 4. The van der Waals surface area contributed by atoms with E-state index in [1.807, 2.05) is 74.5 Å². The fraction of sp³-hybridized carbons (Fsp3) is 0.288. The first-order valence-corrected chi connectivity index (χ1v) is 20.9. The van der Waals surface area contributed by atoms with Gasteiger partial charge in [0.25, 0.3) is 0 Å². The Kier molecular flexibility index (Phi) is 14.3. The molecule has 2 aromatic carbocycles. The van der Waals surface area contributed by atoms with Crippen LogP contribution in [0, 0.1) is 25.2 Å². The van der Waals surface area contributed by atoms with Crippen LogP contribution >= 0.6 is 0 Å². The van der Waals surface area contributed by atoms with E-state index in [4.69, 9.17) is 29.4 Å². The molecule has 7 rings (SSSR count). The summed E-state index contributed by atoms with van der Waals surface area (Å²) >= 11 is 0. The van der Waals surface area contributed by atoms with Crippen LogP contribution in [0.2, 0.25) is 0 Å². The van der Waals surface area contributed by atoms with Crippen LogP contribution in [0.15, 0.2) is 84.4 Å². The third kappa shape index (κ3) is 8.87. The SMILES string of the molecule is CCC1=C(C)c2nc1cc1[n-]c(cc3nc(cc4[n-]c(c2/C=C(/C#N)C(c2ccccc2)c2ccccc2)c(CC)c4C)C(C)=C3CCC(=O)OC)c(CCC(=O)OC)c1C.[Ni+2]. The van der Waals surface area contributed by atoms with Gasteiger partial charge in [0.05, 0.1) is 43.1 Å². The molecule has 10 heteroatoms. The largest absolute Gasteiger partial charge is 2.00 e. The van der Waals surface area contributed by atoms with Crippen LogP contribution in [-0.4, -0.2) is 36.1 Å². The summed E-state index contributed by atoms with van der Waals surface area (Å²) in [6, 6.07) is 28.9. The Bertz CT molecular complexity index is 2800. The zero-order valence-corrected chi connectivity index (χ0v) is 37.6. The summed E-state index contributed by atoms with van der Waals surface area (Å²) in [6.07, 6.45) is 4.64. The Balaban J connectivity index is 0.00000641. The number of methoxy groups -OCH3 is 2. The number of fused-ring (bicyclic) bond motifs is 8. The first kappa shape index (κ1) is 45.2. The fourth-order valence-electron chi connectivity index (χ4n) is 8.72. The number of carbonyl (C=O) groups excluding carboxylic acids is 2. The molecule has 0 saturated heterocycles. The maximum absolute atomic E-state index is 12.5. The number of rotatable bonds is 12. The maximum Gasteiger partial charge on any atom is 2.00 e. The van der Waals surface area contributed by atoms with Crippen LogP contribution in [0.3, 0.4) is 0 Å². The molecule has 2 aliphatic rings. The molecule has 62 heavy (non-hydrogen) atoms. The molecule has 0 radical (unpaired) electrons. The van der Waals surface area contributed by atoms with Crippen LogP contribution in [0.4, 0.5) is 0 Å². The number of hydrogen-bond donors (Lipinski definition) is 0. The zero-order chi connectivity index (χ0) is 43.4. The summed E-state index contributed by atoms with van der Waals surface area (Å²) < 4.78 is 10.1. The van der Waals surface area contributed by atoms with Crippen LogP contribution in [0.5, 0.6) is 0 Å². The minimum Gasteiger partial charge on any atom is -0.657 e. The van der Waals surface area contributed by atoms with Gasteiger partial charge >= 0.3 is 28.4 Å². The van der Waals surface area contributed by atoms with E-state index in [1.165, 1.54) is 14.2 Å². The third-order valence-corrected chi connectivity index (χ3v) is 12.1. The predicted octanol–water partition coefficient (Wildman–Crippen LogP) is 10.8. The monoisotopic (exact) mass is 867 g/mol. The molecule has 3 aromatic heterocycles. The summed E-state index contributed by atoms with van der Waals surface area (Å²) in [4.78, 5) is 46.2. The topological polar surface area (TPSA) is 130 Å². The molecule has 0 aliphatic carbocycles. The van der Waals surface area contributed by atoms with Gasteiger partial charge in [-0.1, -0.05) is 115 Å². The van der Waals surface area contributed by atoms with Crippen molar-refractivity contribution in [3.05, 3.63) is 146 Å². The maximum atomic E-state index is 12.5. The van der Waals surface area contributed by atoms with E-state index in [0.29, 0.717) is 42.5 Å². The average Bonchev–Trinajstić information content (AvgIpc) is 3.96. The zero-order valence-electron chi connectivity index (χ0n) is 36.6. The Morgan fingerprint density at radius 2 is 1.24 bits per heavy atom. The van der Waals surface area contributed by atoms with E-state index >= 15 is 0 Å². The third-order valence-electron chi connectivity index (χ3n) is 12.1. The van der Waals surface area contributed by atoms with Gasteiger partial charge in [0.1, 0.15) is 0 Å². The molecule has 0 spiro atoms. The van der Waals surface area contributed by atoms with Crippen molar-refractivity contribution in [2.75, 3.05) is 14.2 Å². The number of esters is 2. The van der Waals surface area contributed by atoms with E-state index in [1.54, 1.807) is 0 Å². The van der Waals surface area contributed by atoms with E-state index in [2.05, 4.69) is 58.0 Å². The second-order valence-corrected chi connectivity index (χ2v) is 15.5. The van der Waals surface area contributed by atoms with Crippen molar-refractivity contribution >= 4 is 62.4 Å². The van der Waals surface area contributed by atoms with Crippen LogP contribution < -0.4 is 9.97 Å². The summed E-state index contributed by atoms with van der Waals surface area (Å²) in [5, 5.41) is 11.1. The van der Waals surface area contributed by atoms with Crippen molar-refractivity contribution < 1.29 is 35.6 Å². The molecule has 5 heterocycles. The smallest absolute Gasteiger partial charge is 0.657 e. The number of aryl methyl sites for hydroxylation is 4. The molecular weight excluding hydrogens is 817 g/mol. The van der Waals surface area contributed by atoms with Gasteiger partial charge in [-0.2, -0.15) is 5.26 Å². The van der Waals surface area contributed by atoms with Crippen molar-refractivity contribution in [3.8, 4) is 6.07 Å². The molecule has 5 aromatic rings. The van der Waals surface area contributed by atoms with E-state index < -0.39 is 0 Å². The summed E-state index contributed by atoms with van der Waals surface area (Å²) in [5.74, 6) is -0.957. The van der Waals surface area contributed by atoms with Crippen LogP contribution in [-0.2, 0) is 48.4 Å². The normalized spacial score (nSPS) is 12.7. The molecule has 9 nitrogen and oxygen atoms in total. The molecule has 318 valence electrons. The number of hydrogen-bond acceptors (Lipinski definition) is 7. The predicted molar refractivity (Wildman–Crippen MR) is 243 cm³/mol. The first-order chi connectivity index (χ1) is 29.5. The molecule has 8 bridgehead atoms. The molecule has 0 unspecified atom stereocenters. The number of allylic oxidation sites excluding steroid dienone is 5. The van der Waals surface area contributed by atoms with Crippen molar-refractivity contribution in [2.24, 2.45) is 0 Å². The Morgan fingerprint density at radius 1 is 0.694 bits per heavy atom. The van der Waals surface area contributed by atoms with E-state index in [-0.39, 0.29) is 47.2 Å². The molecule has 0 saturated carbocycles. The Labute approximate surface area is 374 Å². The van der Waals surface area contributed by atoms with Gasteiger partial charge in [-0.15, -0.1) is 22.1 Å². The molecule has 0 N–H and O–H groups in total. The average molecular weight is 869 g/mol. The standard InChI is InChI=1S/C52H51N5O4.Ni/c1-9-37-33(6)51-41(25-36(29-53)50(34-17-13-11-14-18-34)35-19-15-12-16-20-35)52-38(10-2)30(3)44(56-52)26-42-31(4)39(21-23-48(58)60-7)46(54-42)28-47-40(22-24-49(59)61-8)32(5)43(55-47)27-45(37)57-51;/h11-20,25-28,50H,9-10,21-24H2,1-8H3;/q-2;+2/b36-25-,42-26?,43-27?,44-26?,45-27?,46-28?,47-28?,51-41?,52-41?;. The van der Waals surface area contributed by atoms with Gasteiger partial charge in [0.2, 0.25) is 0 Å². The summed E-state index contributed by atoms with van der Waals surface area (Å²) in [6.45, 7) is 12.5. The minimum atomic E-state index is -0.341. The second kappa shape index (κ2) is 19.6. The van der Waals surface area contributed by atoms with Crippen LogP contribution in [0.1, 0.15) is 121 Å². The van der Waals surface area contributed by atoms with Crippen LogP contribution in [0.25, 0.3) is 50.4 Å². The van der Waals surface area contributed by atoms with Gasteiger partial charge in [0, 0.05) is 24.3 Å². The molecule has 2 aliphatic heterocycles. The number of ether oxygens (including phenoxy) is 2. The molecule has 0 amide bonds. The number of carbonyl (C=O) groups is 2.